The number of ether oxygens (including phenoxy) is 1. The van der Waals surface area contributed by atoms with E-state index in [1.165, 1.54) is 25.3 Å². The molecule has 1 aromatic rings. The third-order valence-electron chi connectivity index (χ3n) is 3.66. The summed E-state index contributed by atoms with van der Waals surface area (Å²) < 4.78 is 19.2. The van der Waals surface area contributed by atoms with E-state index in [0.29, 0.717) is 19.3 Å². The zero-order chi connectivity index (χ0) is 14.4. The summed E-state index contributed by atoms with van der Waals surface area (Å²) in [5.41, 5.74) is 0.970. The van der Waals surface area contributed by atoms with Gasteiger partial charge in [0.15, 0.2) is 0 Å². The van der Waals surface area contributed by atoms with Crippen LogP contribution >= 0.6 is 0 Å². The Morgan fingerprint density at radius 2 is 2.10 bits per heavy atom. The molecular formula is C16H22FNO2. The number of carbonyl (C=O) groups excluding carboxylic acids is 1. The van der Waals surface area contributed by atoms with Crippen LogP contribution in [-0.2, 0) is 4.74 Å². The van der Waals surface area contributed by atoms with E-state index in [0.717, 1.165) is 18.4 Å². The quantitative estimate of drug-likeness (QED) is 0.840. The molecule has 110 valence electrons. The van der Waals surface area contributed by atoms with Crippen LogP contribution in [0.25, 0.3) is 0 Å². The van der Waals surface area contributed by atoms with Gasteiger partial charge in [-0.2, -0.15) is 0 Å². The normalized spacial score (nSPS) is 16.1. The van der Waals surface area contributed by atoms with Gasteiger partial charge in [0.2, 0.25) is 0 Å². The van der Waals surface area contributed by atoms with Gasteiger partial charge in [-0.15, -0.1) is 0 Å². The molecule has 1 fully saturated rings. The average Bonchev–Trinajstić information content (AvgIpc) is 2.47. The summed E-state index contributed by atoms with van der Waals surface area (Å²) in [6.45, 7) is 2.75. The molecule has 0 aromatic heterocycles. The van der Waals surface area contributed by atoms with E-state index in [-0.39, 0.29) is 11.5 Å². The molecule has 1 aliphatic rings. The zero-order valence-corrected chi connectivity index (χ0v) is 12.0. The molecule has 0 spiro atoms. The highest BCUT2D eigenvalue weighted by Gasteiger charge is 2.14. The van der Waals surface area contributed by atoms with Crippen molar-refractivity contribution < 1.29 is 13.9 Å². The molecule has 0 unspecified atom stereocenters. The van der Waals surface area contributed by atoms with Crippen molar-refractivity contribution in [3.05, 3.63) is 35.1 Å². The van der Waals surface area contributed by atoms with E-state index >= 15 is 0 Å². The highest BCUT2D eigenvalue weighted by atomic mass is 19.1. The predicted octanol–water partition coefficient (Wildman–Crippen LogP) is 3.21. The van der Waals surface area contributed by atoms with Gasteiger partial charge in [-0.1, -0.05) is 30.9 Å². The molecule has 0 atom stereocenters. The molecular weight excluding hydrogens is 257 g/mol. The summed E-state index contributed by atoms with van der Waals surface area (Å²) >= 11 is 0. The molecule has 1 aromatic carbocycles. The fourth-order valence-electron chi connectivity index (χ4n) is 2.53. The van der Waals surface area contributed by atoms with Crippen molar-refractivity contribution in [2.24, 2.45) is 0 Å². The van der Waals surface area contributed by atoms with Gasteiger partial charge < -0.3 is 10.1 Å². The molecule has 0 radical (unpaired) electrons. The predicted molar refractivity (Wildman–Crippen MR) is 76.3 cm³/mol. The maximum absolute atomic E-state index is 13.5. The molecule has 1 N–H and O–H groups in total. The Morgan fingerprint density at radius 3 is 2.85 bits per heavy atom. The van der Waals surface area contributed by atoms with Gasteiger partial charge in [0, 0.05) is 6.54 Å². The van der Waals surface area contributed by atoms with Crippen LogP contribution in [0.2, 0.25) is 0 Å². The first-order valence-electron chi connectivity index (χ1n) is 7.33. The molecule has 1 amide bonds. The number of amides is 1. The van der Waals surface area contributed by atoms with E-state index in [2.05, 4.69) is 5.32 Å². The van der Waals surface area contributed by atoms with Crippen molar-refractivity contribution >= 4 is 5.91 Å². The molecule has 0 saturated heterocycles. The second-order valence-corrected chi connectivity index (χ2v) is 5.37. The molecule has 1 saturated carbocycles. The molecule has 2 rings (SSSR count). The summed E-state index contributed by atoms with van der Waals surface area (Å²) in [4.78, 5) is 11.9. The van der Waals surface area contributed by atoms with Gasteiger partial charge in [-0.25, -0.2) is 4.39 Å². The molecule has 4 heteroatoms. The summed E-state index contributed by atoms with van der Waals surface area (Å²) in [6.07, 6.45) is 6.30. The summed E-state index contributed by atoms with van der Waals surface area (Å²) in [5, 5.41) is 2.70. The van der Waals surface area contributed by atoms with Gasteiger partial charge in [0.1, 0.15) is 5.82 Å². The van der Waals surface area contributed by atoms with Gasteiger partial charge in [0.05, 0.1) is 18.3 Å². The van der Waals surface area contributed by atoms with Crippen molar-refractivity contribution in [1.82, 2.24) is 5.32 Å². The zero-order valence-electron chi connectivity index (χ0n) is 12.0. The monoisotopic (exact) mass is 279 g/mol. The third-order valence-corrected chi connectivity index (χ3v) is 3.66. The van der Waals surface area contributed by atoms with Crippen molar-refractivity contribution in [2.45, 2.75) is 45.1 Å². The average molecular weight is 279 g/mol. The van der Waals surface area contributed by atoms with Crippen LogP contribution in [0.4, 0.5) is 4.39 Å². The van der Waals surface area contributed by atoms with Crippen molar-refractivity contribution in [1.29, 1.82) is 0 Å². The van der Waals surface area contributed by atoms with E-state index < -0.39 is 5.82 Å². The first-order valence-corrected chi connectivity index (χ1v) is 7.33. The largest absolute Gasteiger partial charge is 0.376 e. The van der Waals surface area contributed by atoms with E-state index in [4.69, 9.17) is 4.74 Å². The first kappa shape index (κ1) is 15.0. The Kier molecular flexibility index (Phi) is 5.53. The van der Waals surface area contributed by atoms with Crippen molar-refractivity contribution in [3.8, 4) is 0 Å². The topological polar surface area (TPSA) is 38.3 Å². The molecule has 0 bridgehead atoms. The van der Waals surface area contributed by atoms with Gasteiger partial charge in [0.25, 0.3) is 5.91 Å². The maximum atomic E-state index is 13.5. The van der Waals surface area contributed by atoms with Crippen molar-refractivity contribution in [2.75, 3.05) is 13.2 Å². The summed E-state index contributed by atoms with van der Waals surface area (Å²) in [6, 6.07) is 4.54. The Hall–Kier alpha value is -1.42. The molecule has 20 heavy (non-hydrogen) atoms. The van der Waals surface area contributed by atoms with E-state index in [9.17, 15) is 9.18 Å². The van der Waals surface area contributed by atoms with Crippen LogP contribution in [-0.4, -0.2) is 25.2 Å². The number of carbonyl (C=O) groups is 1. The lowest BCUT2D eigenvalue weighted by Gasteiger charge is -2.22. The van der Waals surface area contributed by atoms with Crippen LogP contribution in [0.5, 0.6) is 0 Å². The number of nitrogens with one attached hydrogen (secondary N) is 1. The fourth-order valence-corrected chi connectivity index (χ4v) is 2.53. The minimum atomic E-state index is -0.485. The lowest BCUT2D eigenvalue weighted by atomic mass is 9.98. The number of aryl methyl sites for hydroxylation is 1. The summed E-state index contributed by atoms with van der Waals surface area (Å²) in [5.74, 6) is -0.861. The second-order valence-electron chi connectivity index (χ2n) is 5.37. The van der Waals surface area contributed by atoms with Gasteiger partial charge >= 0.3 is 0 Å². The van der Waals surface area contributed by atoms with E-state index in [1.54, 1.807) is 12.1 Å². The maximum Gasteiger partial charge on any atom is 0.254 e. The Morgan fingerprint density at radius 1 is 1.35 bits per heavy atom. The van der Waals surface area contributed by atoms with E-state index in [1.807, 2.05) is 6.92 Å². The molecule has 0 aliphatic heterocycles. The number of rotatable bonds is 5. The van der Waals surface area contributed by atoms with Gasteiger partial charge in [-0.3, -0.25) is 4.79 Å². The highest BCUT2D eigenvalue weighted by molar-refractivity contribution is 5.94. The van der Waals surface area contributed by atoms with Crippen molar-refractivity contribution in [3.63, 3.8) is 0 Å². The number of hydrogen-bond donors (Lipinski definition) is 1. The van der Waals surface area contributed by atoms with Crippen LogP contribution in [0.1, 0.15) is 48.0 Å². The van der Waals surface area contributed by atoms with Crippen LogP contribution < -0.4 is 5.32 Å². The third kappa shape index (κ3) is 4.30. The highest BCUT2D eigenvalue weighted by Crippen LogP contribution is 2.19. The van der Waals surface area contributed by atoms with Gasteiger partial charge in [-0.05, 0) is 31.9 Å². The SMILES string of the molecule is Cc1ccc(F)c(C(=O)NCCOC2CCCCC2)c1. The summed E-state index contributed by atoms with van der Waals surface area (Å²) in [7, 11) is 0. The Bertz CT molecular complexity index is 456. The second kappa shape index (κ2) is 7.39. The number of hydrogen-bond acceptors (Lipinski definition) is 2. The minimum Gasteiger partial charge on any atom is -0.376 e. The lowest BCUT2D eigenvalue weighted by Crippen LogP contribution is -2.30. The number of halogens is 1. The Balaban J connectivity index is 1.73. The molecule has 0 heterocycles. The first-order chi connectivity index (χ1) is 9.66. The molecule has 1 aliphatic carbocycles. The van der Waals surface area contributed by atoms with Crippen LogP contribution in [0, 0.1) is 12.7 Å². The standard InChI is InChI=1S/C16H22FNO2/c1-12-7-8-15(17)14(11-12)16(19)18-9-10-20-13-5-3-2-4-6-13/h7-8,11,13H,2-6,9-10H2,1H3,(H,18,19). The smallest absolute Gasteiger partial charge is 0.254 e. The van der Waals surface area contributed by atoms with Crippen LogP contribution in [0.15, 0.2) is 18.2 Å². The minimum absolute atomic E-state index is 0.0997. The fraction of sp³-hybridized carbons (Fsp3) is 0.562. The van der Waals surface area contributed by atoms with Crippen LogP contribution in [0.3, 0.4) is 0 Å². The Labute approximate surface area is 119 Å². The lowest BCUT2D eigenvalue weighted by molar-refractivity contribution is 0.0299. The number of benzene rings is 1. The molecule has 3 nitrogen and oxygen atoms in total.